The fraction of sp³-hybridized carbons (Fsp3) is 0.500. The van der Waals surface area contributed by atoms with Crippen LogP contribution < -0.4 is 5.32 Å². The second-order valence-electron chi connectivity index (χ2n) is 7.55. The van der Waals surface area contributed by atoms with Gasteiger partial charge in [0.25, 0.3) is 10.0 Å². The Bertz CT molecular complexity index is 863. The molecule has 0 saturated carbocycles. The lowest BCUT2D eigenvalue weighted by Gasteiger charge is -2.28. The van der Waals surface area contributed by atoms with Crippen molar-refractivity contribution in [1.29, 1.82) is 0 Å². The van der Waals surface area contributed by atoms with Crippen LogP contribution in [-0.2, 0) is 22.9 Å². The third kappa shape index (κ3) is 3.24. The Labute approximate surface area is 160 Å². The van der Waals surface area contributed by atoms with E-state index >= 15 is 0 Å². The summed E-state index contributed by atoms with van der Waals surface area (Å²) in [5.74, 6) is 0.409. The number of rotatable bonds is 6. The zero-order chi connectivity index (χ0) is 18.2. The molecule has 2 saturated heterocycles. The lowest BCUT2D eigenvalue weighted by Crippen LogP contribution is -2.35. The minimum absolute atomic E-state index is 0.0633. The van der Waals surface area contributed by atoms with Gasteiger partial charge in [0.2, 0.25) is 0 Å². The number of fused-ring (bicyclic) bond motifs is 1. The first kappa shape index (κ1) is 18.2. The summed E-state index contributed by atoms with van der Waals surface area (Å²) in [5, 5.41) is 3.51. The van der Waals surface area contributed by atoms with E-state index in [9.17, 15) is 8.42 Å². The standard InChI is InChI=1S/C20H26N2O2S2/c1-2-18-8-9-19(25-18)26(23,24)22-13-17-12-21-14-20(17,15-22)11-10-16-6-4-3-5-7-16/h3-9,17,21H,2,10-15H2,1H3. The van der Waals surface area contributed by atoms with Gasteiger partial charge in [0.15, 0.2) is 0 Å². The minimum Gasteiger partial charge on any atom is -0.316 e. The molecule has 2 unspecified atom stereocenters. The van der Waals surface area contributed by atoms with Gasteiger partial charge in [0.05, 0.1) is 0 Å². The molecule has 0 radical (unpaired) electrons. The highest BCUT2D eigenvalue weighted by molar-refractivity contribution is 7.91. The Balaban J connectivity index is 1.52. The van der Waals surface area contributed by atoms with E-state index in [4.69, 9.17) is 0 Å². The van der Waals surface area contributed by atoms with Crippen molar-refractivity contribution in [3.05, 3.63) is 52.9 Å². The van der Waals surface area contributed by atoms with Crippen LogP contribution in [0.4, 0.5) is 0 Å². The number of thiophene rings is 1. The summed E-state index contributed by atoms with van der Waals surface area (Å²) in [6.45, 7) is 5.18. The van der Waals surface area contributed by atoms with E-state index in [1.165, 1.54) is 16.9 Å². The number of sulfonamides is 1. The van der Waals surface area contributed by atoms with E-state index < -0.39 is 10.0 Å². The summed E-state index contributed by atoms with van der Waals surface area (Å²) in [6, 6.07) is 14.2. The molecule has 140 valence electrons. The highest BCUT2D eigenvalue weighted by Crippen LogP contribution is 2.44. The van der Waals surface area contributed by atoms with Gasteiger partial charge in [-0.05, 0) is 49.4 Å². The van der Waals surface area contributed by atoms with Gasteiger partial charge in [0, 0.05) is 29.9 Å². The fourth-order valence-electron chi connectivity index (χ4n) is 4.37. The van der Waals surface area contributed by atoms with Crippen LogP contribution in [0.5, 0.6) is 0 Å². The van der Waals surface area contributed by atoms with E-state index in [-0.39, 0.29) is 5.41 Å². The van der Waals surface area contributed by atoms with Crippen molar-refractivity contribution in [1.82, 2.24) is 9.62 Å². The van der Waals surface area contributed by atoms with Gasteiger partial charge in [0.1, 0.15) is 4.21 Å². The molecular formula is C20H26N2O2S2. The molecule has 2 aromatic rings. The molecule has 2 aliphatic rings. The van der Waals surface area contributed by atoms with Crippen LogP contribution in [0.25, 0.3) is 0 Å². The molecule has 1 aromatic carbocycles. The van der Waals surface area contributed by atoms with Crippen LogP contribution >= 0.6 is 11.3 Å². The summed E-state index contributed by atoms with van der Waals surface area (Å²) in [7, 11) is -3.37. The van der Waals surface area contributed by atoms with Crippen molar-refractivity contribution < 1.29 is 8.42 Å². The van der Waals surface area contributed by atoms with E-state index in [1.807, 2.05) is 12.1 Å². The number of hydrogen-bond donors (Lipinski definition) is 1. The monoisotopic (exact) mass is 390 g/mol. The van der Waals surface area contributed by atoms with Gasteiger partial charge in [-0.3, -0.25) is 0 Å². The normalized spacial score (nSPS) is 26.3. The molecule has 6 heteroatoms. The molecular weight excluding hydrogens is 364 g/mol. The number of nitrogens with zero attached hydrogens (tertiary/aromatic N) is 1. The molecule has 4 rings (SSSR count). The van der Waals surface area contributed by atoms with Crippen molar-refractivity contribution in [3.8, 4) is 0 Å². The fourth-order valence-corrected chi connectivity index (χ4v) is 7.40. The molecule has 3 heterocycles. The summed E-state index contributed by atoms with van der Waals surface area (Å²) in [6.07, 6.45) is 2.92. The minimum atomic E-state index is -3.37. The maximum absolute atomic E-state index is 13.1. The third-order valence-corrected chi connectivity index (χ3v) is 9.49. The smallest absolute Gasteiger partial charge is 0.252 e. The van der Waals surface area contributed by atoms with Crippen LogP contribution in [0.1, 0.15) is 23.8 Å². The van der Waals surface area contributed by atoms with Crippen LogP contribution in [0.2, 0.25) is 0 Å². The second-order valence-corrected chi connectivity index (χ2v) is 10.9. The van der Waals surface area contributed by atoms with Crippen molar-refractivity contribution in [2.75, 3.05) is 26.2 Å². The van der Waals surface area contributed by atoms with E-state index in [0.29, 0.717) is 23.2 Å². The van der Waals surface area contributed by atoms with E-state index in [2.05, 4.69) is 36.5 Å². The average Bonchev–Trinajstić information content (AvgIpc) is 3.35. The molecule has 0 amide bonds. The highest BCUT2D eigenvalue weighted by Gasteiger charge is 2.52. The zero-order valence-electron chi connectivity index (χ0n) is 15.1. The molecule has 1 aromatic heterocycles. The van der Waals surface area contributed by atoms with Crippen molar-refractivity contribution in [2.45, 2.75) is 30.4 Å². The van der Waals surface area contributed by atoms with Crippen molar-refractivity contribution in [2.24, 2.45) is 11.3 Å². The molecule has 1 N–H and O–H groups in total. The molecule has 0 spiro atoms. The number of hydrogen-bond acceptors (Lipinski definition) is 4. The van der Waals surface area contributed by atoms with Gasteiger partial charge < -0.3 is 5.32 Å². The summed E-state index contributed by atoms with van der Waals surface area (Å²) >= 11 is 1.42. The predicted octanol–water partition coefficient (Wildman–Crippen LogP) is 3.15. The molecule has 2 atom stereocenters. The predicted molar refractivity (Wildman–Crippen MR) is 106 cm³/mol. The summed E-state index contributed by atoms with van der Waals surface area (Å²) in [5.41, 5.74) is 1.40. The molecule has 2 fully saturated rings. The second kappa shape index (κ2) is 7.08. The lowest BCUT2D eigenvalue weighted by molar-refractivity contribution is 0.265. The Kier molecular flexibility index (Phi) is 4.94. The maximum Gasteiger partial charge on any atom is 0.252 e. The summed E-state index contributed by atoms with van der Waals surface area (Å²) < 4.78 is 28.5. The first-order chi connectivity index (χ1) is 12.5. The largest absolute Gasteiger partial charge is 0.316 e. The molecule has 0 bridgehead atoms. The zero-order valence-corrected chi connectivity index (χ0v) is 16.8. The number of benzene rings is 1. The maximum atomic E-state index is 13.1. The third-order valence-electron chi connectivity index (χ3n) is 5.98. The molecule has 0 aliphatic carbocycles. The van der Waals surface area contributed by atoms with Crippen LogP contribution in [0.3, 0.4) is 0 Å². The van der Waals surface area contributed by atoms with Gasteiger partial charge in [-0.1, -0.05) is 37.3 Å². The Morgan fingerprint density at radius 2 is 2.04 bits per heavy atom. The Hall–Kier alpha value is -1.21. The van der Waals surface area contributed by atoms with E-state index in [1.54, 1.807) is 10.4 Å². The van der Waals surface area contributed by atoms with Crippen molar-refractivity contribution >= 4 is 21.4 Å². The van der Waals surface area contributed by atoms with Gasteiger partial charge in [-0.2, -0.15) is 4.31 Å². The molecule has 2 aliphatic heterocycles. The Morgan fingerprint density at radius 1 is 1.23 bits per heavy atom. The average molecular weight is 391 g/mol. The van der Waals surface area contributed by atoms with Crippen molar-refractivity contribution in [3.63, 3.8) is 0 Å². The topological polar surface area (TPSA) is 49.4 Å². The first-order valence-corrected chi connectivity index (χ1v) is 11.6. The SMILES string of the molecule is CCc1ccc(S(=O)(=O)N2CC3CNCC3(CCc3ccccc3)C2)s1. The quantitative estimate of drug-likeness (QED) is 0.824. The van der Waals surface area contributed by atoms with Crippen LogP contribution in [-0.4, -0.2) is 38.9 Å². The number of aryl methyl sites for hydroxylation is 2. The lowest BCUT2D eigenvalue weighted by atomic mass is 9.76. The summed E-state index contributed by atoms with van der Waals surface area (Å²) in [4.78, 5) is 1.13. The van der Waals surface area contributed by atoms with Gasteiger partial charge >= 0.3 is 0 Å². The van der Waals surface area contributed by atoms with Crippen LogP contribution in [0.15, 0.2) is 46.7 Å². The van der Waals surface area contributed by atoms with E-state index in [0.717, 1.165) is 37.2 Å². The first-order valence-electron chi connectivity index (χ1n) is 9.37. The molecule has 26 heavy (non-hydrogen) atoms. The van der Waals surface area contributed by atoms with Gasteiger partial charge in [-0.15, -0.1) is 11.3 Å². The Morgan fingerprint density at radius 3 is 2.77 bits per heavy atom. The van der Waals surface area contributed by atoms with Gasteiger partial charge in [-0.25, -0.2) is 8.42 Å². The van der Waals surface area contributed by atoms with Crippen LogP contribution in [0, 0.1) is 11.3 Å². The number of nitrogens with one attached hydrogen (secondary N) is 1. The highest BCUT2D eigenvalue weighted by atomic mass is 32.2. The molecule has 4 nitrogen and oxygen atoms in total.